The fourth-order valence-electron chi connectivity index (χ4n) is 1.16. The molecule has 0 aliphatic carbocycles. The van der Waals surface area contributed by atoms with Crippen molar-refractivity contribution in [2.75, 3.05) is 19.0 Å². The summed E-state index contributed by atoms with van der Waals surface area (Å²) in [6, 6.07) is 8.62. The number of hydrogen-bond donors (Lipinski definition) is 0. The predicted molar refractivity (Wildman–Crippen MR) is 54.4 cm³/mol. The van der Waals surface area contributed by atoms with E-state index >= 15 is 0 Å². The Morgan fingerprint density at radius 2 is 1.75 bits per heavy atom. The van der Waals surface area contributed by atoms with Gasteiger partial charge in [0.15, 0.2) is 0 Å². The molecular formula is C11H16N. The molecule has 0 amide bonds. The molecule has 0 spiro atoms. The summed E-state index contributed by atoms with van der Waals surface area (Å²) in [5.74, 6) is 0. The predicted octanol–water partition coefficient (Wildman–Crippen LogP) is 2.52. The van der Waals surface area contributed by atoms with E-state index in [0.717, 1.165) is 12.8 Å². The zero-order valence-corrected chi connectivity index (χ0v) is 7.88. The first-order valence-electron chi connectivity index (χ1n) is 4.29. The Bertz CT molecular complexity index is 223. The van der Waals surface area contributed by atoms with Crippen molar-refractivity contribution in [2.24, 2.45) is 0 Å². The minimum Gasteiger partial charge on any atom is -0.378 e. The zero-order chi connectivity index (χ0) is 8.97. The molecule has 0 aromatic heterocycles. The molecule has 1 aromatic carbocycles. The molecule has 1 radical (unpaired) electrons. The fourth-order valence-corrected chi connectivity index (χ4v) is 1.16. The van der Waals surface area contributed by atoms with E-state index in [9.17, 15) is 0 Å². The third-order valence-electron chi connectivity index (χ3n) is 1.92. The minimum absolute atomic E-state index is 0.974. The Morgan fingerprint density at radius 1 is 1.17 bits per heavy atom. The number of hydrogen-bond acceptors (Lipinski definition) is 1. The largest absolute Gasteiger partial charge is 0.378 e. The van der Waals surface area contributed by atoms with Crippen molar-refractivity contribution in [3.63, 3.8) is 0 Å². The molecule has 0 bridgehead atoms. The lowest BCUT2D eigenvalue weighted by atomic mass is 10.1. The van der Waals surface area contributed by atoms with Crippen molar-refractivity contribution in [3.8, 4) is 0 Å². The highest BCUT2D eigenvalue weighted by atomic mass is 15.1. The maximum Gasteiger partial charge on any atom is 0.0361 e. The second-order valence-corrected chi connectivity index (χ2v) is 3.16. The summed E-state index contributed by atoms with van der Waals surface area (Å²) in [6.45, 7) is 3.83. The molecular weight excluding hydrogens is 146 g/mol. The van der Waals surface area contributed by atoms with Gasteiger partial charge in [0.2, 0.25) is 0 Å². The second kappa shape index (κ2) is 4.15. The molecule has 65 valence electrons. The van der Waals surface area contributed by atoms with Gasteiger partial charge >= 0.3 is 0 Å². The lowest BCUT2D eigenvalue weighted by Crippen LogP contribution is -2.08. The quantitative estimate of drug-likeness (QED) is 0.660. The summed E-state index contributed by atoms with van der Waals surface area (Å²) in [5, 5.41) is 0. The maximum atomic E-state index is 3.83. The molecule has 1 aromatic rings. The van der Waals surface area contributed by atoms with Crippen LogP contribution in [0.2, 0.25) is 0 Å². The monoisotopic (exact) mass is 162 g/mol. The van der Waals surface area contributed by atoms with Gasteiger partial charge < -0.3 is 4.90 Å². The van der Waals surface area contributed by atoms with Crippen LogP contribution in [0.1, 0.15) is 12.0 Å². The van der Waals surface area contributed by atoms with Gasteiger partial charge in [-0.2, -0.15) is 0 Å². The van der Waals surface area contributed by atoms with Crippen LogP contribution in [0.15, 0.2) is 24.3 Å². The summed E-state index contributed by atoms with van der Waals surface area (Å²) in [4.78, 5) is 2.11. The molecule has 0 aliphatic rings. The SMILES string of the molecule is [CH2]CCc1ccc(N(C)C)cc1. The molecule has 0 fully saturated rings. The average Bonchev–Trinajstić information content (AvgIpc) is 2.06. The van der Waals surface area contributed by atoms with Gasteiger partial charge in [-0.1, -0.05) is 19.1 Å². The maximum absolute atomic E-state index is 3.83. The van der Waals surface area contributed by atoms with Crippen LogP contribution >= 0.6 is 0 Å². The summed E-state index contributed by atoms with van der Waals surface area (Å²) < 4.78 is 0. The highest BCUT2D eigenvalue weighted by molar-refractivity contribution is 5.45. The van der Waals surface area contributed by atoms with Gasteiger partial charge in [0.25, 0.3) is 0 Å². The van der Waals surface area contributed by atoms with Crippen LogP contribution in [-0.4, -0.2) is 14.1 Å². The molecule has 1 rings (SSSR count). The number of anilines is 1. The molecule has 0 atom stereocenters. The smallest absolute Gasteiger partial charge is 0.0361 e. The standard InChI is InChI=1S/C11H16N/c1-4-5-10-6-8-11(9-7-10)12(2)3/h6-9H,1,4-5H2,2-3H3. The molecule has 1 nitrogen and oxygen atoms in total. The third-order valence-corrected chi connectivity index (χ3v) is 1.92. The molecule has 1 heteroatoms. The van der Waals surface area contributed by atoms with Crippen LogP contribution in [0.4, 0.5) is 5.69 Å². The van der Waals surface area contributed by atoms with E-state index in [0.29, 0.717) is 0 Å². The van der Waals surface area contributed by atoms with E-state index in [2.05, 4.69) is 50.2 Å². The van der Waals surface area contributed by atoms with Gasteiger partial charge in [-0.3, -0.25) is 0 Å². The average molecular weight is 162 g/mol. The van der Waals surface area contributed by atoms with E-state index in [1.165, 1.54) is 11.3 Å². The highest BCUT2D eigenvalue weighted by Gasteiger charge is 1.94. The van der Waals surface area contributed by atoms with Crippen LogP contribution < -0.4 is 4.90 Å². The van der Waals surface area contributed by atoms with Crippen molar-refractivity contribution >= 4 is 5.69 Å². The topological polar surface area (TPSA) is 3.24 Å². The summed E-state index contributed by atoms with van der Waals surface area (Å²) >= 11 is 0. The number of nitrogens with zero attached hydrogens (tertiary/aromatic N) is 1. The van der Waals surface area contributed by atoms with Gasteiger partial charge in [0.1, 0.15) is 0 Å². The van der Waals surface area contributed by atoms with Crippen LogP contribution in [0, 0.1) is 6.92 Å². The van der Waals surface area contributed by atoms with Gasteiger partial charge in [-0.25, -0.2) is 0 Å². The van der Waals surface area contributed by atoms with E-state index < -0.39 is 0 Å². The molecule has 0 aliphatic heterocycles. The van der Waals surface area contributed by atoms with Crippen LogP contribution in [0.3, 0.4) is 0 Å². The summed E-state index contributed by atoms with van der Waals surface area (Å²) in [6.07, 6.45) is 2.05. The third kappa shape index (κ3) is 2.26. The lowest BCUT2D eigenvalue weighted by molar-refractivity contribution is 0.997. The Labute approximate surface area is 75.0 Å². The summed E-state index contributed by atoms with van der Waals surface area (Å²) in [5.41, 5.74) is 2.62. The Hall–Kier alpha value is -0.980. The first-order valence-corrected chi connectivity index (χ1v) is 4.29. The number of benzene rings is 1. The highest BCUT2D eigenvalue weighted by Crippen LogP contribution is 2.12. The summed E-state index contributed by atoms with van der Waals surface area (Å²) in [7, 11) is 4.10. The van der Waals surface area contributed by atoms with Gasteiger partial charge in [0.05, 0.1) is 0 Å². The van der Waals surface area contributed by atoms with E-state index in [4.69, 9.17) is 0 Å². The molecule has 12 heavy (non-hydrogen) atoms. The fraction of sp³-hybridized carbons (Fsp3) is 0.364. The van der Waals surface area contributed by atoms with Crippen molar-refractivity contribution in [2.45, 2.75) is 12.8 Å². The Balaban J connectivity index is 2.71. The van der Waals surface area contributed by atoms with Crippen molar-refractivity contribution < 1.29 is 0 Å². The van der Waals surface area contributed by atoms with Gasteiger partial charge in [-0.15, -0.1) is 0 Å². The molecule has 0 saturated carbocycles. The molecule has 0 saturated heterocycles. The van der Waals surface area contributed by atoms with Crippen LogP contribution in [0.5, 0.6) is 0 Å². The lowest BCUT2D eigenvalue weighted by Gasteiger charge is -2.12. The van der Waals surface area contributed by atoms with Crippen LogP contribution in [0.25, 0.3) is 0 Å². The number of aryl methyl sites for hydroxylation is 1. The van der Waals surface area contributed by atoms with Crippen molar-refractivity contribution in [3.05, 3.63) is 36.8 Å². The van der Waals surface area contributed by atoms with Gasteiger partial charge in [-0.05, 0) is 30.5 Å². The first-order chi connectivity index (χ1) is 5.74. The Morgan fingerprint density at radius 3 is 2.17 bits per heavy atom. The first kappa shape index (κ1) is 9.11. The second-order valence-electron chi connectivity index (χ2n) is 3.16. The van der Waals surface area contributed by atoms with E-state index in [1.807, 2.05) is 0 Å². The Kier molecular flexibility index (Phi) is 3.15. The van der Waals surface area contributed by atoms with Crippen molar-refractivity contribution in [1.82, 2.24) is 0 Å². The zero-order valence-electron chi connectivity index (χ0n) is 7.88. The van der Waals surface area contributed by atoms with E-state index in [-0.39, 0.29) is 0 Å². The molecule has 0 unspecified atom stereocenters. The molecule has 0 heterocycles. The van der Waals surface area contributed by atoms with Crippen molar-refractivity contribution in [1.29, 1.82) is 0 Å². The normalized spacial score (nSPS) is 9.92. The minimum atomic E-state index is 0.974. The molecule has 0 N–H and O–H groups in total. The number of rotatable bonds is 3. The van der Waals surface area contributed by atoms with Crippen LogP contribution in [-0.2, 0) is 6.42 Å². The van der Waals surface area contributed by atoms with E-state index in [1.54, 1.807) is 0 Å². The van der Waals surface area contributed by atoms with Gasteiger partial charge in [0, 0.05) is 19.8 Å².